The van der Waals surface area contributed by atoms with Gasteiger partial charge in [-0.05, 0) is 49.6 Å². The number of nitrogens with zero attached hydrogens (tertiary/aromatic N) is 1. The Morgan fingerprint density at radius 3 is 2.88 bits per heavy atom. The number of benzene rings is 1. The van der Waals surface area contributed by atoms with Crippen LogP contribution in [0.2, 0.25) is 0 Å². The Hall–Kier alpha value is -2.01. The summed E-state index contributed by atoms with van der Waals surface area (Å²) in [6.45, 7) is 8.43. The Balaban J connectivity index is 1.83. The lowest BCUT2D eigenvalue weighted by atomic mass is 10.0. The van der Waals surface area contributed by atoms with Crippen molar-refractivity contribution < 1.29 is 0 Å². The van der Waals surface area contributed by atoms with Crippen molar-refractivity contribution in [1.82, 2.24) is 10.6 Å². The maximum atomic E-state index is 4.93. The van der Waals surface area contributed by atoms with Gasteiger partial charge in [-0.25, -0.2) is 4.99 Å². The zero-order valence-electron chi connectivity index (χ0n) is 15.0. The van der Waals surface area contributed by atoms with E-state index in [0.717, 1.165) is 50.4 Å². The van der Waals surface area contributed by atoms with Crippen LogP contribution in [-0.4, -0.2) is 24.7 Å². The summed E-state index contributed by atoms with van der Waals surface area (Å²) in [5.41, 5.74) is 4.60. The van der Waals surface area contributed by atoms with Gasteiger partial charge in [-0.2, -0.15) is 0 Å². The Kier molecular flexibility index (Phi) is 5.09. The van der Waals surface area contributed by atoms with Crippen molar-refractivity contribution in [3.63, 3.8) is 0 Å². The van der Waals surface area contributed by atoms with E-state index in [-0.39, 0.29) is 5.66 Å². The molecule has 3 rings (SSSR count). The lowest BCUT2D eigenvalue weighted by Gasteiger charge is -2.33. The molecule has 2 aliphatic heterocycles. The highest BCUT2D eigenvalue weighted by atomic mass is 15.3. The van der Waals surface area contributed by atoms with Crippen molar-refractivity contribution in [2.75, 3.05) is 23.7 Å². The minimum absolute atomic E-state index is 0.318. The summed E-state index contributed by atoms with van der Waals surface area (Å²) in [7, 11) is 0. The summed E-state index contributed by atoms with van der Waals surface area (Å²) in [4.78, 5) is 4.93. The van der Waals surface area contributed by atoms with Crippen LogP contribution in [0.25, 0.3) is 0 Å². The molecule has 0 aliphatic carbocycles. The van der Waals surface area contributed by atoms with Gasteiger partial charge in [0.15, 0.2) is 0 Å². The largest absolute Gasteiger partial charge is 0.384 e. The third kappa shape index (κ3) is 3.56. The lowest BCUT2D eigenvalue weighted by Crippen LogP contribution is -2.48. The molecule has 0 aromatic heterocycles. The Bertz CT molecular complexity index is 649. The Morgan fingerprint density at radius 2 is 2.12 bits per heavy atom. The number of hydrogen-bond acceptors (Lipinski definition) is 5. The number of fused-ring (bicyclic) bond motifs is 1. The van der Waals surface area contributed by atoms with E-state index < -0.39 is 0 Å². The van der Waals surface area contributed by atoms with Crippen molar-refractivity contribution >= 4 is 17.3 Å². The number of nitrogens with one attached hydrogen (secondary N) is 4. The second kappa shape index (κ2) is 7.26. The molecule has 0 amide bonds. The second-order valence-corrected chi connectivity index (χ2v) is 6.49. The van der Waals surface area contributed by atoms with Crippen LogP contribution in [0.3, 0.4) is 0 Å². The maximum absolute atomic E-state index is 4.93. The Labute approximate surface area is 145 Å². The molecule has 1 unspecified atom stereocenters. The first-order valence-electron chi connectivity index (χ1n) is 9.15. The van der Waals surface area contributed by atoms with Crippen LogP contribution >= 0.6 is 0 Å². The summed E-state index contributed by atoms with van der Waals surface area (Å²) >= 11 is 0. The van der Waals surface area contributed by atoms with E-state index >= 15 is 0 Å². The molecule has 1 aromatic carbocycles. The van der Waals surface area contributed by atoms with Crippen LogP contribution < -0.4 is 21.3 Å². The highest BCUT2D eigenvalue weighted by molar-refractivity contribution is 5.96. The molecule has 1 atom stereocenters. The van der Waals surface area contributed by atoms with Gasteiger partial charge in [0.05, 0.1) is 0 Å². The van der Waals surface area contributed by atoms with Gasteiger partial charge < -0.3 is 16.0 Å². The summed E-state index contributed by atoms with van der Waals surface area (Å²) in [5, 5.41) is 13.9. The van der Waals surface area contributed by atoms with Crippen molar-refractivity contribution in [2.45, 2.75) is 52.1 Å². The fourth-order valence-electron chi connectivity index (χ4n) is 3.41. The summed E-state index contributed by atoms with van der Waals surface area (Å²) < 4.78 is 0. The standard InChI is InChI=1S/C19H29N5/c1-4-7-16-13-19(5-2,21-6-3)24-18(23-16)22-15-9-8-14-10-11-20-17(14)12-15/h8-9,12-13,20-21H,4-7,10-11H2,1-3H3,(H2,22,23,24). The van der Waals surface area contributed by atoms with Crippen LogP contribution in [0, 0.1) is 0 Å². The average Bonchev–Trinajstić information content (AvgIpc) is 3.03. The third-order valence-electron chi connectivity index (χ3n) is 4.63. The van der Waals surface area contributed by atoms with Crippen LogP contribution in [0.15, 0.2) is 35.0 Å². The van der Waals surface area contributed by atoms with Crippen molar-refractivity contribution in [2.24, 2.45) is 4.99 Å². The number of rotatable bonds is 6. The van der Waals surface area contributed by atoms with Crippen LogP contribution in [0.4, 0.5) is 11.4 Å². The molecule has 24 heavy (non-hydrogen) atoms. The Morgan fingerprint density at radius 1 is 1.25 bits per heavy atom. The van der Waals surface area contributed by atoms with E-state index in [9.17, 15) is 0 Å². The molecule has 2 heterocycles. The molecular formula is C19H29N5. The quantitative estimate of drug-likeness (QED) is 0.646. The fraction of sp³-hybridized carbons (Fsp3) is 0.526. The van der Waals surface area contributed by atoms with E-state index in [1.54, 1.807) is 0 Å². The number of anilines is 2. The van der Waals surface area contributed by atoms with Gasteiger partial charge in [0.25, 0.3) is 0 Å². The molecular weight excluding hydrogens is 298 g/mol. The summed E-state index contributed by atoms with van der Waals surface area (Å²) in [5.74, 6) is 0.821. The molecule has 5 nitrogen and oxygen atoms in total. The monoisotopic (exact) mass is 327 g/mol. The first-order valence-corrected chi connectivity index (χ1v) is 9.15. The topological polar surface area (TPSA) is 60.5 Å². The minimum atomic E-state index is -0.318. The molecule has 5 heteroatoms. The molecule has 0 bridgehead atoms. The molecule has 0 radical (unpaired) electrons. The molecule has 2 aliphatic rings. The lowest BCUT2D eigenvalue weighted by molar-refractivity contribution is 0.405. The van der Waals surface area contributed by atoms with Gasteiger partial charge in [0.1, 0.15) is 5.66 Å². The number of guanidine groups is 1. The van der Waals surface area contributed by atoms with Crippen molar-refractivity contribution in [1.29, 1.82) is 0 Å². The highest BCUT2D eigenvalue weighted by Crippen LogP contribution is 2.27. The highest BCUT2D eigenvalue weighted by Gasteiger charge is 2.28. The molecule has 130 valence electrons. The fourth-order valence-corrected chi connectivity index (χ4v) is 3.41. The number of allylic oxidation sites excluding steroid dienone is 1. The molecule has 1 aromatic rings. The number of aliphatic imine (C=N–C) groups is 1. The maximum Gasteiger partial charge on any atom is 0.202 e. The predicted molar refractivity (Wildman–Crippen MR) is 103 cm³/mol. The van der Waals surface area contributed by atoms with Gasteiger partial charge in [-0.1, -0.05) is 33.3 Å². The molecule has 0 saturated carbocycles. The summed E-state index contributed by atoms with van der Waals surface area (Å²) in [6, 6.07) is 6.50. The zero-order chi connectivity index (χ0) is 17.0. The SMILES string of the molecule is CCCC1=CC(CC)(NCC)N=C(Nc2ccc3c(c2)NCC3)N1. The predicted octanol–water partition coefficient (Wildman–Crippen LogP) is 3.43. The van der Waals surface area contributed by atoms with Crippen LogP contribution in [0.1, 0.15) is 45.6 Å². The van der Waals surface area contributed by atoms with Gasteiger partial charge >= 0.3 is 0 Å². The number of hydrogen-bond donors (Lipinski definition) is 4. The average molecular weight is 327 g/mol. The van der Waals surface area contributed by atoms with E-state index in [1.807, 2.05) is 0 Å². The minimum Gasteiger partial charge on any atom is -0.384 e. The molecule has 0 spiro atoms. The molecule has 0 fully saturated rings. The number of likely N-dealkylation sites (N-methyl/N-ethyl adjacent to an activating group) is 1. The second-order valence-electron chi connectivity index (χ2n) is 6.49. The van der Waals surface area contributed by atoms with E-state index in [4.69, 9.17) is 4.99 Å². The van der Waals surface area contributed by atoms with Gasteiger partial charge in [0, 0.05) is 23.6 Å². The van der Waals surface area contributed by atoms with Gasteiger partial charge in [0.2, 0.25) is 5.96 Å². The first-order chi connectivity index (χ1) is 11.7. The van der Waals surface area contributed by atoms with E-state index in [1.165, 1.54) is 16.9 Å². The van der Waals surface area contributed by atoms with Crippen LogP contribution in [-0.2, 0) is 6.42 Å². The molecule has 4 N–H and O–H groups in total. The normalized spacial score (nSPS) is 22.1. The smallest absolute Gasteiger partial charge is 0.202 e. The van der Waals surface area contributed by atoms with Crippen molar-refractivity contribution in [3.05, 3.63) is 35.5 Å². The van der Waals surface area contributed by atoms with Gasteiger partial charge in [-0.15, -0.1) is 0 Å². The molecule has 0 saturated heterocycles. The van der Waals surface area contributed by atoms with Crippen LogP contribution in [0.5, 0.6) is 0 Å². The van der Waals surface area contributed by atoms with E-state index in [2.05, 4.69) is 66.3 Å². The van der Waals surface area contributed by atoms with Crippen molar-refractivity contribution in [3.8, 4) is 0 Å². The first kappa shape index (κ1) is 16.8. The third-order valence-corrected chi connectivity index (χ3v) is 4.63. The van der Waals surface area contributed by atoms with Gasteiger partial charge in [-0.3, -0.25) is 5.32 Å². The summed E-state index contributed by atoms with van der Waals surface area (Å²) in [6.07, 6.45) is 6.42. The zero-order valence-corrected chi connectivity index (χ0v) is 15.0. The van der Waals surface area contributed by atoms with E-state index in [0.29, 0.717) is 0 Å².